The average Bonchev–Trinajstić information content (AvgIpc) is 2.95. The summed E-state index contributed by atoms with van der Waals surface area (Å²) >= 11 is 0. The molecule has 0 atom stereocenters. The van der Waals surface area contributed by atoms with Gasteiger partial charge in [0.2, 0.25) is 0 Å². The van der Waals surface area contributed by atoms with Crippen molar-refractivity contribution < 1.29 is 13.5 Å². The minimum atomic E-state index is -3.52. The molecule has 6 heteroatoms. The van der Waals surface area contributed by atoms with Crippen LogP contribution in [-0.4, -0.2) is 24.0 Å². The van der Waals surface area contributed by atoms with Gasteiger partial charge in [-0.05, 0) is 31.4 Å². The van der Waals surface area contributed by atoms with Gasteiger partial charge in [0.25, 0.3) is 10.0 Å². The summed E-state index contributed by atoms with van der Waals surface area (Å²) in [5, 5.41) is 8.82. The molecule has 1 aromatic rings. The predicted octanol–water partition coefficient (Wildman–Crippen LogP) is 0.405. The maximum Gasteiger partial charge on any atom is 0.258 e. The number of hydrogen-bond acceptors (Lipinski definition) is 4. The van der Waals surface area contributed by atoms with Crippen molar-refractivity contribution in [2.45, 2.75) is 36.9 Å². The maximum atomic E-state index is 11.9. The van der Waals surface area contributed by atoms with E-state index < -0.39 is 10.0 Å². The van der Waals surface area contributed by atoms with E-state index in [-0.39, 0.29) is 17.2 Å². The Labute approximate surface area is 94.6 Å². The van der Waals surface area contributed by atoms with Gasteiger partial charge in [0.15, 0.2) is 5.03 Å². The Morgan fingerprint density at radius 1 is 1.50 bits per heavy atom. The van der Waals surface area contributed by atoms with Crippen molar-refractivity contribution in [3.8, 4) is 0 Å². The van der Waals surface area contributed by atoms with Crippen LogP contribution in [0.4, 0.5) is 0 Å². The monoisotopic (exact) mass is 242 g/mol. The molecule has 1 saturated carbocycles. The number of nitrogens with zero attached hydrogens (tertiary/aromatic N) is 1. The Morgan fingerprint density at radius 3 is 2.62 bits per heavy atom. The quantitative estimate of drug-likeness (QED) is 0.801. The Hall–Kier alpha value is -0.980. The first-order valence-electron chi connectivity index (χ1n) is 5.05. The number of pyridine rings is 1. The second kappa shape index (κ2) is 3.80. The summed E-state index contributed by atoms with van der Waals surface area (Å²) in [4.78, 5) is 3.82. The second-order valence-electron chi connectivity index (χ2n) is 4.33. The standard InChI is InChI=1S/C10H14N2O3S/c1-10(4-5-10)12-16(14,15)9-3-2-8(7-13)6-11-9/h2-3,6,12-13H,4-5,7H2,1H3. The summed E-state index contributed by atoms with van der Waals surface area (Å²) in [5.74, 6) is 0. The van der Waals surface area contributed by atoms with Crippen LogP contribution < -0.4 is 4.72 Å². The van der Waals surface area contributed by atoms with Crippen LogP contribution in [0.1, 0.15) is 25.3 Å². The Kier molecular flexibility index (Phi) is 2.73. The third-order valence-corrected chi connectivity index (χ3v) is 4.19. The van der Waals surface area contributed by atoms with E-state index in [9.17, 15) is 8.42 Å². The van der Waals surface area contributed by atoms with Crippen LogP contribution in [-0.2, 0) is 16.6 Å². The summed E-state index contributed by atoms with van der Waals surface area (Å²) in [7, 11) is -3.52. The normalized spacial score (nSPS) is 18.4. The molecule has 0 unspecified atom stereocenters. The van der Waals surface area contributed by atoms with Crippen molar-refractivity contribution in [3.63, 3.8) is 0 Å². The fourth-order valence-corrected chi connectivity index (χ4v) is 2.73. The SMILES string of the molecule is CC1(NS(=O)(=O)c2ccc(CO)cn2)CC1. The number of aromatic nitrogens is 1. The van der Waals surface area contributed by atoms with Crippen molar-refractivity contribution in [2.75, 3.05) is 0 Å². The lowest BCUT2D eigenvalue weighted by Gasteiger charge is -2.11. The lowest BCUT2D eigenvalue weighted by molar-refractivity contribution is 0.281. The predicted molar refractivity (Wildman–Crippen MR) is 58.1 cm³/mol. The van der Waals surface area contributed by atoms with Crippen molar-refractivity contribution >= 4 is 10.0 Å². The molecule has 2 rings (SSSR count). The zero-order chi connectivity index (χ0) is 11.8. The topological polar surface area (TPSA) is 79.3 Å². The molecular formula is C10H14N2O3S. The maximum absolute atomic E-state index is 11.9. The Morgan fingerprint density at radius 2 is 2.19 bits per heavy atom. The van der Waals surface area contributed by atoms with E-state index in [0.29, 0.717) is 5.56 Å². The highest BCUT2D eigenvalue weighted by molar-refractivity contribution is 7.89. The zero-order valence-corrected chi connectivity index (χ0v) is 9.79. The number of aliphatic hydroxyl groups is 1. The van der Waals surface area contributed by atoms with Gasteiger partial charge >= 0.3 is 0 Å². The minimum Gasteiger partial charge on any atom is -0.392 e. The molecule has 0 aromatic carbocycles. The van der Waals surface area contributed by atoms with E-state index in [1.54, 1.807) is 6.07 Å². The van der Waals surface area contributed by atoms with Crippen LogP contribution in [0.25, 0.3) is 0 Å². The number of hydrogen-bond donors (Lipinski definition) is 2. The largest absolute Gasteiger partial charge is 0.392 e. The van der Waals surface area contributed by atoms with Gasteiger partial charge in [-0.15, -0.1) is 0 Å². The molecule has 16 heavy (non-hydrogen) atoms. The molecule has 1 fully saturated rings. The van der Waals surface area contributed by atoms with Gasteiger partial charge in [0, 0.05) is 11.7 Å². The average molecular weight is 242 g/mol. The van der Waals surface area contributed by atoms with Crippen molar-refractivity contribution in [1.82, 2.24) is 9.71 Å². The summed E-state index contributed by atoms with van der Waals surface area (Å²) in [6, 6.07) is 2.95. The van der Waals surface area contributed by atoms with Gasteiger partial charge in [0.05, 0.1) is 6.61 Å². The highest BCUT2D eigenvalue weighted by Gasteiger charge is 2.41. The van der Waals surface area contributed by atoms with Crippen LogP contribution in [0.3, 0.4) is 0 Å². The molecule has 1 aromatic heterocycles. The molecule has 0 radical (unpaired) electrons. The van der Waals surface area contributed by atoms with Crippen LogP contribution >= 0.6 is 0 Å². The highest BCUT2D eigenvalue weighted by Crippen LogP contribution is 2.35. The van der Waals surface area contributed by atoms with Gasteiger partial charge in [-0.2, -0.15) is 0 Å². The smallest absolute Gasteiger partial charge is 0.258 e. The van der Waals surface area contributed by atoms with E-state index in [2.05, 4.69) is 9.71 Å². The fraction of sp³-hybridized carbons (Fsp3) is 0.500. The van der Waals surface area contributed by atoms with Crippen molar-refractivity contribution in [2.24, 2.45) is 0 Å². The lowest BCUT2D eigenvalue weighted by atomic mass is 10.3. The molecule has 0 aliphatic heterocycles. The third kappa shape index (κ3) is 2.40. The number of sulfonamides is 1. The fourth-order valence-electron chi connectivity index (χ4n) is 1.33. The molecule has 1 aliphatic rings. The molecule has 0 spiro atoms. The summed E-state index contributed by atoms with van der Waals surface area (Å²) in [5.41, 5.74) is 0.299. The molecular weight excluding hydrogens is 228 g/mol. The number of aliphatic hydroxyl groups excluding tert-OH is 1. The Balaban J connectivity index is 2.21. The first-order valence-corrected chi connectivity index (χ1v) is 6.53. The van der Waals surface area contributed by atoms with Crippen LogP contribution in [0.5, 0.6) is 0 Å². The lowest BCUT2D eigenvalue weighted by Crippen LogP contribution is -2.34. The Bertz CT molecular complexity index is 477. The van der Waals surface area contributed by atoms with Gasteiger partial charge < -0.3 is 5.11 Å². The van der Waals surface area contributed by atoms with E-state index in [0.717, 1.165) is 12.8 Å². The van der Waals surface area contributed by atoms with Crippen molar-refractivity contribution in [3.05, 3.63) is 23.9 Å². The first-order chi connectivity index (χ1) is 7.45. The molecule has 0 bridgehead atoms. The molecule has 5 nitrogen and oxygen atoms in total. The molecule has 2 N–H and O–H groups in total. The van der Waals surface area contributed by atoms with Gasteiger partial charge in [-0.1, -0.05) is 6.07 Å². The number of rotatable bonds is 4. The van der Waals surface area contributed by atoms with Crippen molar-refractivity contribution in [1.29, 1.82) is 0 Å². The summed E-state index contributed by atoms with van der Waals surface area (Å²) in [6.45, 7) is 1.73. The molecule has 88 valence electrons. The van der Waals surface area contributed by atoms with Crippen LogP contribution in [0.2, 0.25) is 0 Å². The molecule has 0 saturated heterocycles. The second-order valence-corrected chi connectivity index (χ2v) is 5.96. The molecule has 0 amide bonds. The van der Waals surface area contributed by atoms with Crippen LogP contribution in [0, 0.1) is 0 Å². The zero-order valence-electron chi connectivity index (χ0n) is 8.97. The van der Waals surface area contributed by atoms with E-state index >= 15 is 0 Å². The van der Waals surface area contributed by atoms with Gasteiger partial charge in [-0.25, -0.2) is 18.1 Å². The van der Waals surface area contributed by atoms with E-state index in [1.807, 2.05) is 6.92 Å². The molecule has 1 heterocycles. The first kappa shape index (κ1) is 11.5. The van der Waals surface area contributed by atoms with E-state index in [1.165, 1.54) is 12.3 Å². The van der Waals surface area contributed by atoms with E-state index in [4.69, 9.17) is 5.11 Å². The highest BCUT2D eigenvalue weighted by atomic mass is 32.2. The number of nitrogens with one attached hydrogen (secondary N) is 1. The summed E-state index contributed by atoms with van der Waals surface area (Å²) in [6.07, 6.45) is 3.09. The van der Waals surface area contributed by atoms with Gasteiger partial charge in [0.1, 0.15) is 0 Å². The minimum absolute atomic E-state index is 0.00201. The van der Waals surface area contributed by atoms with Gasteiger partial charge in [-0.3, -0.25) is 0 Å². The third-order valence-electron chi connectivity index (χ3n) is 2.64. The van der Waals surface area contributed by atoms with Crippen LogP contribution in [0.15, 0.2) is 23.4 Å². The summed E-state index contributed by atoms with van der Waals surface area (Å²) < 4.78 is 26.3. The molecule has 1 aliphatic carbocycles.